The van der Waals surface area contributed by atoms with E-state index in [2.05, 4.69) is 10.2 Å². The molecule has 0 N–H and O–H groups in total. The van der Waals surface area contributed by atoms with Gasteiger partial charge in [0, 0.05) is 17.8 Å². The number of nitrogens with zero attached hydrogens (tertiary/aromatic N) is 4. The van der Waals surface area contributed by atoms with Crippen molar-refractivity contribution >= 4 is 5.65 Å². The summed E-state index contributed by atoms with van der Waals surface area (Å²) in [4.78, 5) is 0. The highest BCUT2D eigenvalue weighted by molar-refractivity contribution is 5.60. The Labute approximate surface area is 102 Å². The van der Waals surface area contributed by atoms with Gasteiger partial charge in [-0.2, -0.15) is 5.26 Å². The first-order valence-corrected chi connectivity index (χ1v) is 5.29. The number of nitriles is 1. The molecule has 0 bridgehead atoms. The molecule has 3 rings (SSSR count). The molecule has 0 unspecified atom stereocenters. The number of rotatable bonds is 1. The average Bonchev–Trinajstić information content (AvgIpc) is 2.81. The molecule has 0 fully saturated rings. The minimum Gasteiger partial charge on any atom is -0.282 e. The van der Waals surface area contributed by atoms with Gasteiger partial charge in [0.1, 0.15) is 5.82 Å². The lowest BCUT2D eigenvalue weighted by molar-refractivity contribution is 0.628. The molecule has 5 heteroatoms. The zero-order valence-corrected chi connectivity index (χ0v) is 9.21. The van der Waals surface area contributed by atoms with Crippen molar-refractivity contribution in [1.29, 1.82) is 5.26 Å². The van der Waals surface area contributed by atoms with E-state index in [9.17, 15) is 4.39 Å². The van der Waals surface area contributed by atoms with Gasteiger partial charge in [-0.25, -0.2) is 4.39 Å². The van der Waals surface area contributed by atoms with Crippen LogP contribution in [0.15, 0.2) is 42.6 Å². The van der Waals surface area contributed by atoms with Crippen LogP contribution in [0.2, 0.25) is 0 Å². The van der Waals surface area contributed by atoms with Gasteiger partial charge in [0.15, 0.2) is 11.5 Å². The van der Waals surface area contributed by atoms with Crippen LogP contribution in [0.5, 0.6) is 0 Å². The number of fused-ring (bicyclic) bond motifs is 1. The summed E-state index contributed by atoms with van der Waals surface area (Å²) in [5.41, 5.74) is 1.72. The Hall–Kier alpha value is -2.74. The molecular formula is C13H7FN4. The lowest BCUT2D eigenvalue weighted by Crippen LogP contribution is -1.90. The summed E-state index contributed by atoms with van der Waals surface area (Å²) in [6, 6.07) is 11.5. The van der Waals surface area contributed by atoms with Crippen LogP contribution < -0.4 is 0 Å². The maximum atomic E-state index is 13.2. The molecule has 0 radical (unpaired) electrons. The molecule has 0 atom stereocenters. The van der Waals surface area contributed by atoms with Gasteiger partial charge in [-0.15, -0.1) is 10.2 Å². The Balaban J connectivity index is 2.22. The highest BCUT2D eigenvalue weighted by Gasteiger charge is 2.08. The van der Waals surface area contributed by atoms with Gasteiger partial charge in [-0.3, -0.25) is 4.40 Å². The molecule has 0 spiro atoms. The normalized spacial score (nSPS) is 10.4. The second kappa shape index (κ2) is 3.93. The predicted molar refractivity (Wildman–Crippen MR) is 63.1 cm³/mol. The zero-order valence-electron chi connectivity index (χ0n) is 9.21. The molecule has 2 heterocycles. The molecule has 0 amide bonds. The third-order valence-electron chi connectivity index (χ3n) is 2.62. The molecular weight excluding hydrogens is 231 g/mol. The summed E-state index contributed by atoms with van der Waals surface area (Å²) in [6.07, 6.45) is 1.70. The summed E-state index contributed by atoms with van der Waals surface area (Å²) in [5, 5.41) is 16.8. The highest BCUT2D eigenvalue weighted by Crippen LogP contribution is 2.19. The average molecular weight is 238 g/mol. The Bertz CT molecular complexity index is 770. The van der Waals surface area contributed by atoms with Crippen molar-refractivity contribution in [1.82, 2.24) is 14.6 Å². The van der Waals surface area contributed by atoms with Gasteiger partial charge in [0.2, 0.25) is 0 Å². The van der Waals surface area contributed by atoms with E-state index in [1.807, 2.05) is 6.07 Å². The van der Waals surface area contributed by atoms with Crippen molar-refractivity contribution in [2.45, 2.75) is 0 Å². The standard InChI is InChI=1S/C13H7FN4/c14-11-3-1-2-10(7-11)13-17-16-12-6-9(8-15)4-5-18(12)13/h1-7H. The minimum absolute atomic E-state index is 0.321. The summed E-state index contributed by atoms with van der Waals surface area (Å²) >= 11 is 0. The van der Waals surface area contributed by atoms with Gasteiger partial charge >= 0.3 is 0 Å². The number of aromatic nitrogens is 3. The predicted octanol–water partition coefficient (Wildman–Crippen LogP) is 2.41. The van der Waals surface area contributed by atoms with Crippen LogP contribution in [0.3, 0.4) is 0 Å². The van der Waals surface area contributed by atoms with Crippen molar-refractivity contribution < 1.29 is 4.39 Å². The third-order valence-corrected chi connectivity index (χ3v) is 2.62. The topological polar surface area (TPSA) is 54.0 Å². The highest BCUT2D eigenvalue weighted by atomic mass is 19.1. The molecule has 2 aromatic heterocycles. The van der Waals surface area contributed by atoms with E-state index in [-0.39, 0.29) is 5.82 Å². The summed E-state index contributed by atoms with van der Waals surface area (Å²) < 4.78 is 14.9. The fourth-order valence-electron chi connectivity index (χ4n) is 1.78. The number of hydrogen-bond donors (Lipinski definition) is 0. The van der Waals surface area contributed by atoms with Gasteiger partial charge in [0.25, 0.3) is 0 Å². The lowest BCUT2D eigenvalue weighted by atomic mass is 10.2. The van der Waals surface area contributed by atoms with Gasteiger partial charge < -0.3 is 0 Å². The third kappa shape index (κ3) is 1.60. The van der Waals surface area contributed by atoms with Crippen molar-refractivity contribution in [3.63, 3.8) is 0 Å². The van der Waals surface area contributed by atoms with E-state index in [1.54, 1.807) is 34.9 Å². The van der Waals surface area contributed by atoms with E-state index in [0.717, 1.165) is 0 Å². The Morgan fingerprint density at radius 2 is 2.06 bits per heavy atom. The lowest BCUT2D eigenvalue weighted by Gasteiger charge is -2.00. The van der Waals surface area contributed by atoms with Gasteiger partial charge in [-0.05, 0) is 18.2 Å². The summed E-state index contributed by atoms with van der Waals surface area (Å²) in [6.45, 7) is 0. The molecule has 0 saturated heterocycles. The van der Waals surface area contributed by atoms with E-state index in [0.29, 0.717) is 22.6 Å². The molecule has 86 valence electrons. The molecule has 0 aliphatic rings. The largest absolute Gasteiger partial charge is 0.282 e. The van der Waals surface area contributed by atoms with Crippen molar-refractivity contribution in [2.75, 3.05) is 0 Å². The van der Waals surface area contributed by atoms with Crippen LogP contribution in [0, 0.1) is 17.1 Å². The second-order valence-corrected chi connectivity index (χ2v) is 3.79. The number of hydrogen-bond acceptors (Lipinski definition) is 3. The Morgan fingerprint density at radius 3 is 2.83 bits per heavy atom. The Kier molecular flexibility index (Phi) is 2.27. The van der Waals surface area contributed by atoms with Gasteiger partial charge in [0.05, 0.1) is 11.6 Å². The quantitative estimate of drug-likeness (QED) is 0.654. The molecule has 4 nitrogen and oxygen atoms in total. The van der Waals surface area contributed by atoms with Crippen LogP contribution in [-0.4, -0.2) is 14.6 Å². The summed E-state index contributed by atoms with van der Waals surface area (Å²) in [5.74, 6) is 0.229. The maximum absolute atomic E-state index is 13.2. The Morgan fingerprint density at radius 1 is 1.17 bits per heavy atom. The molecule has 3 aromatic rings. The summed E-state index contributed by atoms with van der Waals surface area (Å²) in [7, 11) is 0. The van der Waals surface area contributed by atoms with Crippen LogP contribution >= 0.6 is 0 Å². The number of halogens is 1. The van der Waals surface area contributed by atoms with Crippen molar-refractivity contribution in [3.05, 3.63) is 54.0 Å². The molecule has 0 saturated carbocycles. The van der Waals surface area contributed by atoms with E-state index in [1.165, 1.54) is 12.1 Å². The fraction of sp³-hybridized carbons (Fsp3) is 0. The molecule has 0 aliphatic carbocycles. The number of pyridine rings is 1. The van der Waals surface area contributed by atoms with Crippen LogP contribution in [0.25, 0.3) is 17.0 Å². The van der Waals surface area contributed by atoms with E-state index >= 15 is 0 Å². The van der Waals surface area contributed by atoms with Crippen molar-refractivity contribution in [3.8, 4) is 17.5 Å². The maximum Gasteiger partial charge on any atom is 0.168 e. The smallest absolute Gasteiger partial charge is 0.168 e. The minimum atomic E-state index is -0.321. The second-order valence-electron chi connectivity index (χ2n) is 3.79. The van der Waals surface area contributed by atoms with Crippen LogP contribution in [-0.2, 0) is 0 Å². The zero-order chi connectivity index (χ0) is 12.5. The SMILES string of the molecule is N#Cc1ccn2c(-c3cccc(F)c3)nnc2c1. The first-order chi connectivity index (χ1) is 8.78. The number of benzene rings is 1. The van der Waals surface area contributed by atoms with Gasteiger partial charge in [-0.1, -0.05) is 12.1 Å². The monoisotopic (exact) mass is 238 g/mol. The molecule has 0 aliphatic heterocycles. The van der Waals surface area contributed by atoms with Crippen LogP contribution in [0.4, 0.5) is 4.39 Å². The fourth-order valence-corrected chi connectivity index (χ4v) is 1.78. The van der Waals surface area contributed by atoms with Crippen LogP contribution in [0.1, 0.15) is 5.56 Å². The molecule has 18 heavy (non-hydrogen) atoms. The van der Waals surface area contributed by atoms with E-state index < -0.39 is 0 Å². The van der Waals surface area contributed by atoms with E-state index in [4.69, 9.17) is 5.26 Å². The molecule has 1 aromatic carbocycles. The van der Waals surface area contributed by atoms with Crippen molar-refractivity contribution in [2.24, 2.45) is 0 Å². The first kappa shape index (κ1) is 10.4. The first-order valence-electron chi connectivity index (χ1n) is 5.29.